The van der Waals surface area contributed by atoms with E-state index in [0.29, 0.717) is 30.6 Å². The van der Waals surface area contributed by atoms with Crippen molar-refractivity contribution in [2.75, 3.05) is 13.1 Å². The van der Waals surface area contributed by atoms with Gasteiger partial charge in [0, 0.05) is 25.7 Å². The summed E-state index contributed by atoms with van der Waals surface area (Å²) < 4.78 is 21.9. The fourth-order valence-electron chi connectivity index (χ4n) is 4.13. The van der Waals surface area contributed by atoms with Crippen molar-refractivity contribution in [3.05, 3.63) is 71.7 Å². The van der Waals surface area contributed by atoms with Crippen molar-refractivity contribution < 1.29 is 14.2 Å². The van der Waals surface area contributed by atoms with Crippen molar-refractivity contribution in [1.82, 2.24) is 14.7 Å². The first-order valence-corrected chi connectivity index (χ1v) is 12.0. The van der Waals surface area contributed by atoms with Gasteiger partial charge in [-0.05, 0) is 56.4 Å². The number of aryl methyl sites for hydroxylation is 1. The quantitative estimate of drug-likeness (QED) is 0.374. The summed E-state index contributed by atoms with van der Waals surface area (Å²) in [5.41, 5.74) is 2.72. The van der Waals surface area contributed by atoms with Gasteiger partial charge in [-0.25, -0.2) is 9.07 Å². The predicted octanol–water partition coefficient (Wildman–Crippen LogP) is 5.88. The van der Waals surface area contributed by atoms with Crippen LogP contribution in [0.5, 0.6) is 11.6 Å². The molecule has 0 radical (unpaired) electrons. The standard InChI is InChI=1S/C27H34FN3O2/c1-3-4-12-24(32)18-30(17-21-14-15-21)19-26-20(2)29-31(23-10-6-5-7-11-23)27(26)33-25-13-8-9-22(28)16-25/h5-11,13,16,21,24,32H,3-4,12,14-15,17-19H2,1-2H3. The molecule has 0 bridgehead atoms. The highest BCUT2D eigenvalue weighted by atomic mass is 19.1. The van der Waals surface area contributed by atoms with Gasteiger partial charge in [0.25, 0.3) is 0 Å². The second-order valence-corrected chi connectivity index (χ2v) is 9.11. The molecule has 0 aliphatic heterocycles. The Morgan fingerprint density at radius 3 is 2.67 bits per heavy atom. The Labute approximate surface area is 195 Å². The summed E-state index contributed by atoms with van der Waals surface area (Å²) in [7, 11) is 0. The van der Waals surface area contributed by atoms with E-state index in [2.05, 4.69) is 11.8 Å². The normalized spacial score (nSPS) is 14.6. The highest BCUT2D eigenvalue weighted by molar-refractivity contribution is 5.43. The van der Waals surface area contributed by atoms with Crippen LogP contribution in [0.25, 0.3) is 5.69 Å². The minimum atomic E-state index is -0.347. The third kappa shape index (κ3) is 6.42. The molecule has 5 nitrogen and oxygen atoms in total. The number of hydrogen-bond acceptors (Lipinski definition) is 4. The van der Waals surface area contributed by atoms with Gasteiger partial charge in [-0.1, -0.05) is 44.0 Å². The first-order chi connectivity index (χ1) is 16.0. The maximum absolute atomic E-state index is 13.9. The highest BCUT2D eigenvalue weighted by Crippen LogP contribution is 2.34. The van der Waals surface area contributed by atoms with Gasteiger partial charge < -0.3 is 9.84 Å². The van der Waals surface area contributed by atoms with Gasteiger partial charge in [0.05, 0.1) is 23.0 Å². The molecule has 1 aliphatic carbocycles. The van der Waals surface area contributed by atoms with E-state index < -0.39 is 0 Å². The molecule has 2 aromatic carbocycles. The molecule has 176 valence electrons. The van der Waals surface area contributed by atoms with Crippen LogP contribution in [-0.4, -0.2) is 39.0 Å². The van der Waals surface area contributed by atoms with Crippen LogP contribution >= 0.6 is 0 Å². The van der Waals surface area contributed by atoms with Crippen molar-refractivity contribution in [3.8, 4) is 17.3 Å². The summed E-state index contributed by atoms with van der Waals surface area (Å²) >= 11 is 0. The van der Waals surface area contributed by atoms with Crippen LogP contribution in [0.4, 0.5) is 4.39 Å². The van der Waals surface area contributed by atoms with E-state index in [1.54, 1.807) is 16.8 Å². The molecular formula is C27H34FN3O2. The van der Waals surface area contributed by atoms with E-state index in [-0.39, 0.29) is 11.9 Å². The summed E-state index contributed by atoms with van der Waals surface area (Å²) in [6, 6.07) is 16.0. The number of nitrogens with zero attached hydrogens (tertiary/aromatic N) is 3. The van der Waals surface area contributed by atoms with Gasteiger partial charge in [0.2, 0.25) is 5.88 Å². The molecule has 0 saturated heterocycles. The summed E-state index contributed by atoms with van der Waals surface area (Å²) in [6.07, 6.45) is 5.06. The molecular weight excluding hydrogens is 417 g/mol. The molecule has 0 spiro atoms. The van der Waals surface area contributed by atoms with Crippen LogP contribution in [0, 0.1) is 18.7 Å². The lowest BCUT2D eigenvalue weighted by Crippen LogP contribution is -2.34. The maximum Gasteiger partial charge on any atom is 0.227 e. The lowest BCUT2D eigenvalue weighted by atomic mass is 10.1. The van der Waals surface area contributed by atoms with Crippen LogP contribution in [0.2, 0.25) is 0 Å². The van der Waals surface area contributed by atoms with Gasteiger partial charge in [-0.2, -0.15) is 5.10 Å². The molecule has 0 amide bonds. The number of para-hydroxylation sites is 1. The van der Waals surface area contributed by atoms with Crippen molar-refractivity contribution >= 4 is 0 Å². The zero-order valence-corrected chi connectivity index (χ0v) is 19.6. The number of halogens is 1. The fourth-order valence-corrected chi connectivity index (χ4v) is 4.13. The number of rotatable bonds is 12. The Bertz CT molecular complexity index is 1030. The Morgan fingerprint density at radius 2 is 1.97 bits per heavy atom. The average Bonchev–Trinajstić information content (AvgIpc) is 3.57. The molecule has 1 aromatic heterocycles. The number of ether oxygens (including phenoxy) is 1. The first kappa shape index (κ1) is 23.5. The zero-order chi connectivity index (χ0) is 23.2. The number of benzene rings is 2. The molecule has 1 heterocycles. The van der Waals surface area contributed by atoms with Crippen LogP contribution < -0.4 is 4.74 Å². The van der Waals surface area contributed by atoms with Crippen molar-refractivity contribution in [2.24, 2.45) is 5.92 Å². The number of aliphatic hydroxyl groups excluding tert-OH is 1. The van der Waals surface area contributed by atoms with E-state index in [1.807, 2.05) is 37.3 Å². The number of aliphatic hydroxyl groups is 1. The van der Waals surface area contributed by atoms with Gasteiger partial charge in [-0.3, -0.25) is 4.90 Å². The Kier molecular flexibility index (Phi) is 7.78. The minimum Gasteiger partial charge on any atom is -0.438 e. The summed E-state index contributed by atoms with van der Waals surface area (Å²) in [5.74, 6) is 1.38. The van der Waals surface area contributed by atoms with Crippen LogP contribution in [0.3, 0.4) is 0 Å². The second kappa shape index (κ2) is 10.9. The van der Waals surface area contributed by atoms with E-state index in [0.717, 1.165) is 42.8 Å². The largest absolute Gasteiger partial charge is 0.438 e. The van der Waals surface area contributed by atoms with Crippen LogP contribution in [0.1, 0.15) is 50.3 Å². The smallest absolute Gasteiger partial charge is 0.227 e. The Balaban J connectivity index is 1.65. The number of aromatic nitrogens is 2. The minimum absolute atomic E-state index is 0.342. The van der Waals surface area contributed by atoms with E-state index in [9.17, 15) is 9.50 Å². The van der Waals surface area contributed by atoms with Crippen LogP contribution in [-0.2, 0) is 6.54 Å². The van der Waals surface area contributed by atoms with Gasteiger partial charge >= 0.3 is 0 Å². The highest BCUT2D eigenvalue weighted by Gasteiger charge is 2.28. The number of hydrogen-bond donors (Lipinski definition) is 1. The molecule has 1 unspecified atom stereocenters. The third-order valence-electron chi connectivity index (χ3n) is 6.10. The van der Waals surface area contributed by atoms with E-state index in [4.69, 9.17) is 9.84 Å². The van der Waals surface area contributed by atoms with Gasteiger partial charge in [-0.15, -0.1) is 0 Å². The molecule has 1 N–H and O–H groups in total. The second-order valence-electron chi connectivity index (χ2n) is 9.11. The lowest BCUT2D eigenvalue weighted by Gasteiger charge is -2.25. The van der Waals surface area contributed by atoms with Crippen molar-refractivity contribution in [3.63, 3.8) is 0 Å². The molecule has 6 heteroatoms. The third-order valence-corrected chi connectivity index (χ3v) is 6.10. The Hall–Kier alpha value is -2.70. The molecule has 1 fully saturated rings. The average molecular weight is 452 g/mol. The molecule has 1 saturated carbocycles. The van der Waals surface area contributed by atoms with E-state index in [1.165, 1.54) is 25.0 Å². The molecule has 3 aromatic rings. The molecule has 33 heavy (non-hydrogen) atoms. The zero-order valence-electron chi connectivity index (χ0n) is 19.6. The summed E-state index contributed by atoms with van der Waals surface area (Å²) in [5, 5.41) is 15.4. The van der Waals surface area contributed by atoms with Gasteiger partial charge in [0.1, 0.15) is 11.6 Å². The molecule has 4 rings (SSSR count). The van der Waals surface area contributed by atoms with E-state index >= 15 is 0 Å². The fraction of sp³-hybridized carbons (Fsp3) is 0.444. The predicted molar refractivity (Wildman–Crippen MR) is 128 cm³/mol. The lowest BCUT2D eigenvalue weighted by molar-refractivity contribution is 0.0965. The SMILES string of the molecule is CCCCC(O)CN(Cc1c(C)nn(-c2ccccc2)c1Oc1cccc(F)c1)CC1CC1. The maximum atomic E-state index is 13.9. The van der Waals surface area contributed by atoms with Crippen molar-refractivity contribution in [1.29, 1.82) is 0 Å². The van der Waals surface area contributed by atoms with Gasteiger partial charge in [0.15, 0.2) is 0 Å². The molecule has 1 atom stereocenters. The topological polar surface area (TPSA) is 50.5 Å². The first-order valence-electron chi connectivity index (χ1n) is 12.0. The van der Waals surface area contributed by atoms with Crippen molar-refractivity contribution in [2.45, 2.75) is 58.6 Å². The number of unbranched alkanes of at least 4 members (excludes halogenated alkanes) is 1. The summed E-state index contributed by atoms with van der Waals surface area (Å²) in [4.78, 5) is 2.33. The molecule has 1 aliphatic rings. The van der Waals surface area contributed by atoms with Crippen LogP contribution in [0.15, 0.2) is 54.6 Å². The Morgan fingerprint density at radius 1 is 1.18 bits per heavy atom. The summed E-state index contributed by atoms with van der Waals surface area (Å²) in [6.45, 7) is 6.34. The monoisotopic (exact) mass is 451 g/mol.